The monoisotopic (exact) mass is 205 g/mol. The number of benzene rings is 1. The molecule has 0 spiro atoms. The van der Waals surface area contributed by atoms with Crippen molar-refractivity contribution in [3.63, 3.8) is 0 Å². The van der Waals surface area contributed by atoms with Gasteiger partial charge in [0.05, 0.1) is 6.61 Å². The zero-order valence-corrected chi connectivity index (χ0v) is 9.28. The third-order valence-electron chi connectivity index (χ3n) is 2.88. The molecule has 0 heterocycles. The van der Waals surface area contributed by atoms with Crippen LogP contribution in [0, 0.1) is 0 Å². The van der Waals surface area contributed by atoms with Crippen LogP contribution in [0.1, 0.15) is 24.8 Å². The molecule has 0 saturated heterocycles. The van der Waals surface area contributed by atoms with Gasteiger partial charge in [-0.05, 0) is 18.9 Å². The lowest BCUT2D eigenvalue weighted by Crippen LogP contribution is -2.22. The Hall–Kier alpha value is -0.860. The Balaban J connectivity index is 1.68. The van der Waals surface area contributed by atoms with Crippen LogP contribution in [0.4, 0.5) is 0 Å². The van der Waals surface area contributed by atoms with E-state index in [-0.39, 0.29) is 0 Å². The van der Waals surface area contributed by atoms with Crippen LogP contribution < -0.4 is 5.32 Å². The Kier molecular flexibility index (Phi) is 3.75. The Morgan fingerprint density at radius 3 is 2.87 bits per heavy atom. The molecule has 1 saturated carbocycles. The van der Waals surface area contributed by atoms with Gasteiger partial charge in [-0.15, -0.1) is 0 Å². The average Bonchev–Trinajstić information content (AvgIpc) is 3.05. The van der Waals surface area contributed by atoms with E-state index in [1.807, 2.05) is 6.92 Å². The normalized spacial score (nSPS) is 24.1. The van der Waals surface area contributed by atoms with Gasteiger partial charge in [0, 0.05) is 25.1 Å². The minimum absolute atomic E-state index is 0.674. The van der Waals surface area contributed by atoms with Crippen LogP contribution in [-0.4, -0.2) is 25.8 Å². The summed E-state index contributed by atoms with van der Waals surface area (Å²) in [7, 11) is 0. The summed E-state index contributed by atoms with van der Waals surface area (Å²) in [6, 6.07) is 11.4. The molecule has 2 nitrogen and oxygen atoms in total. The third kappa shape index (κ3) is 3.05. The molecule has 0 unspecified atom stereocenters. The first-order valence-corrected chi connectivity index (χ1v) is 5.78. The molecule has 2 rings (SSSR count). The first kappa shape index (κ1) is 10.7. The summed E-state index contributed by atoms with van der Waals surface area (Å²) in [5.74, 6) is 0.729. The average molecular weight is 205 g/mol. The highest BCUT2D eigenvalue weighted by Crippen LogP contribution is 2.40. The van der Waals surface area contributed by atoms with E-state index in [1.165, 1.54) is 12.0 Å². The van der Waals surface area contributed by atoms with Gasteiger partial charge in [0.1, 0.15) is 0 Å². The van der Waals surface area contributed by atoms with Crippen molar-refractivity contribution in [2.45, 2.75) is 25.3 Å². The maximum Gasteiger partial charge on any atom is 0.0590 e. The lowest BCUT2D eigenvalue weighted by atomic mass is 10.1. The van der Waals surface area contributed by atoms with Crippen molar-refractivity contribution in [2.24, 2.45) is 0 Å². The minimum atomic E-state index is 0.674. The molecule has 2 atom stereocenters. The van der Waals surface area contributed by atoms with E-state index in [0.717, 1.165) is 25.7 Å². The van der Waals surface area contributed by atoms with Crippen molar-refractivity contribution in [1.82, 2.24) is 5.32 Å². The van der Waals surface area contributed by atoms with E-state index in [0.29, 0.717) is 6.04 Å². The Morgan fingerprint density at radius 1 is 1.33 bits per heavy atom. The Morgan fingerprint density at radius 2 is 2.13 bits per heavy atom. The van der Waals surface area contributed by atoms with E-state index < -0.39 is 0 Å². The fourth-order valence-electron chi connectivity index (χ4n) is 1.95. The third-order valence-corrected chi connectivity index (χ3v) is 2.88. The molecule has 1 aromatic rings. The molecule has 0 bridgehead atoms. The van der Waals surface area contributed by atoms with Crippen LogP contribution in [0.15, 0.2) is 30.3 Å². The topological polar surface area (TPSA) is 21.3 Å². The summed E-state index contributed by atoms with van der Waals surface area (Å²) in [6.45, 7) is 4.65. The highest BCUT2D eigenvalue weighted by atomic mass is 16.5. The molecule has 0 aliphatic heterocycles. The number of rotatable bonds is 6. The highest BCUT2D eigenvalue weighted by molar-refractivity contribution is 5.27. The molecule has 15 heavy (non-hydrogen) atoms. The second kappa shape index (κ2) is 5.29. The maximum absolute atomic E-state index is 5.29. The zero-order chi connectivity index (χ0) is 10.5. The Labute approximate surface area is 91.6 Å². The van der Waals surface area contributed by atoms with Crippen LogP contribution in [0.3, 0.4) is 0 Å². The van der Waals surface area contributed by atoms with Crippen LogP contribution >= 0.6 is 0 Å². The number of ether oxygens (including phenoxy) is 1. The predicted molar refractivity (Wildman–Crippen MR) is 62.1 cm³/mol. The smallest absolute Gasteiger partial charge is 0.0590 e. The quantitative estimate of drug-likeness (QED) is 0.719. The van der Waals surface area contributed by atoms with Gasteiger partial charge in [-0.2, -0.15) is 0 Å². The van der Waals surface area contributed by atoms with Gasteiger partial charge in [0.15, 0.2) is 0 Å². The summed E-state index contributed by atoms with van der Waals surface area (Å²) < 4.78 is 5.29. The van der Waals surface area contributed by atoms with E-state index >= 15 is 0 Å². The molecule has 82 valence electrons. The SMILES string of the molecule is CCOCCN[C@@H]1C[C@H]1c1ccccc1. The highest BCUT2D eigenvalue weighted by Gasteiger charge is 2.37. The molecular weight excluding hydrogens is 186 g/mol. The summed E-state index contributed by atoms with van der Waals surface area (Å²) >= 11 is 0. The van der Waals surface area contributed by atoms with Crippen molar-refractivity contribution in [1.29, 1.82) is 0 Å². The molecule has 1 fully saturated rings. The fraction of sp³-hybridized carbons (Fsp3) is 0.538. The standard InChI is InChI=1S/C13H19NO/c1-2-15-9-8-14-13-10-12(13)11-6-4-3-5-7-11/h3-7,12-14H,2,8-10H2,1H3/t12-,13+/m0/s1. The number of hydrogen-bond acceptors (Lipinski definition) is 2. The van der Waals surface area contributed by atoms with Crippen molar-refractivity contribution in [3.05, 3.63) is 35.9 Å². The summed E-state index contributed by atoms with van der Waals surface area (Å²) in [5.41, 5.74) is 1.46. The molecular formula is C13H19NO. The summed E-state index contributed by atoms with van der Waals surface area (Å²) in [4.78, 5) is 0. The molecule has 2 heteroatoms. The first-order valence-electron chi connectivity index (χ1n) is 5.78. The molecule has 1 aliphatic rings. The van der Waals surface area contributed by atoms with E-state index in [2.05, 4.69) is 35.6 Å². The number of hydrogen-bond donors (Lipinski definition) is 1. The lowest BCUT2D eigenvalue weighted by Gasteiger charge is -2.04. The summed E-state index contributed by atoms with van der Waals surface area (Å²) in [6.07, 6.45) is 1.27. The van der Waals surface area contributed by atoms with E-state index in [4.69, 9.17) is 4.74 Å². The van der Waals surface area contributed by atoms with Crippen molar-refractivity contribution in [3.8, 4) is 0 Å². The van der Waals surface area contributed by atoms with Gasteiger partial charge in [-0.25, -0.2) is 0 Å². The van der Waals surface area contributed by atoms with Crippen LogP contribution in [0.2, 0.25) is 0 Å². The lowest BCUT2D eigenvalue weighted by molar-refractivity contribution is 0.149. The van der Waals surface area contributed by atoms with E-state index in [1.54, 1.807) is 0 Å². The zero-order valence-electron chi connectivity index (χ0n) is 9.28. The van der Waals surface area contributed by atoms with Gasteiger partial charge >= 0.3 is 0 Å². The summed E-state index contributed by atoms with van der Waals surface area (Å²) in [5, 5.41) is 3.51. The predicted octanol–water partition coefficient (Wildman–Crippen LogP) is 2.17. The number of nitrogens with one attached hydrogen (secondary N) is 1. The van der Waals surface area contributed by atoms with Gasteiger partial charge in [0.2, 0.25) is 0 Å². The second-order valence-electron chi connectivity index (χ2n) is 4.01. The largest absolute Gasteiger partial charge is 0.380 e. The minimum Gasteiger partial charge on any atom is -0.380 e. The molecule has 1 N–H and O–H groups in total. The molecule has 1 aliphatic carbocycles. The second-order valence-corrected chi connectivity index (χ2v) is 4.01. The van der Waals surface area contributed by atoms with Crippen molar-refractivity contribution < 1.29 is 4.74 Å². The Bertz CT molecular complexity index is 286. The van der Waals surface area contributed by atoms with Crippen LogP contribution in [0.25, 0.3) is 0 Å². The van der Waals surface area contributed by atoms with Crippen LogP contribution in [-0.2, 0) is 4.74 Å². The van der Waals surface area contributed by atoms with Crippen LogP contribution in [0.5, 0.6) is 0 Å². The molecule has 0 aromatic heterocycles. The van der Waals surface area contributed by atoms with Gasteiger partial charge < -0.3 is 10.1 Å². The van der Waals surface area contributed by atoms with Crippen molar-refractivity contribution >= 4 is 0 Å². The van der Waals surface area contributed by atoms with Gasteiger partial charge in [-0.1, -0.05) is 30.3 Å². The van der Waals surface area contributed by atoms with Crippen molar-refractivity contribution in [2.75, 3.05) is 19.8 Å². The molecule has 0 amide bonds. The fourth-order valence-corrected chi connectivity index (χ4v) is 1.95. The maximum atomic E-state index is 5.29. The van der Waals surface area contributed by atoms with Gasteiger partial charge in [-0.3, -0.25) is 0 Å². The molecule has 1 aromatic carbocycles. The molecule has 0 radical (unpaired) electrons. The van der Waals surface area contributed by atoms with Gasteiger partial charge in [0.25, 0.3) is 0 Å². The van der Waals surface area contributed by atoms with E-state index in [9.17, 15) is 0 Å². The first-order chi connectivity index (χ1) is 7.42.